The zero-order valence-corrected chi connectivity index (χ0v) is 19.6. The van der Waals surface area contributed by atoms with Gasteiger partial charge in [0.1, 0.15) is 11.6 Å². The molecule has 34 heavy (non-hydrogen) atoms. The van der Waals surface area contributed by atoms with Gasteiger partial charge in [0.25, 0.3) is 5.91 Å². The van der Waals surface area contributed by atoms with Crippen molar-refractivity contribution in [2.24, 2.45) is 5.73 Å². The molecule has 2 aromatic carbocycles. The number of halogens is 2. The number of ether oxygens (including phenoxy) is 3. The summed E-state index contributed by atoms with van der Waals surface area (Å²) in [5, 5.41) is 20.1. The molecule has 1 aliphatic heterocycles. The summed E-state index contributed by atoms with van der Waals surface area (Å²) in [5.41, 5.74) is 8.90. The molecule has 2 heterocycles. The highest BCUT2D eigenvalue weighted by atomic mass is 35.5. The van der Waals surface area contributed by atoms with Gasteiger partial charge in [0, 0.05) is 16.9 Å². The number of anilines is 1. The first-order chi connectivity index (χ1) is 16.3. The molecular formula is C23H19Cl2N5O4. The molecular weight excluding hydrogens is 481 g/mol. The highest BCUT2D eigenvalue weighted by Gasteiger charge is 2.34. The van der Waals surface area contributed by atoms with Crippen molar-refractivity contribution in [3.63, 3.8) is 0 Å². The Hall–Kier alpha value is -3.87. The summed E-state index contributed by atoms with van der Waals surface area (Å²) in [6, 6.07) is 12.0. The number of H-pyrrole nitrogens is 1. The number of amides is 1. The third-order valence-electron chi connectivity index (χ3n) is 5.21. The number of benzene rings is 2. The van der Waals surface area contributed by atoms with Crippen LogP contribution in [0, 0.1) is 18.3 Å². The normalized spacial score (nSPS) is 14.6. The third kappa shape index (κ3) is 4.46. The minimum atomic E-state index is -0.506. The molecule has 1 unspecified atom stereocenters. The molecule has 3 aromatic rings. The lowest BCUT2D eigenvalue weighted by atomic mass is 9.84. The van der Waals surface area contributed by atoms with Gasteiger partial charge in [-0.25, -0.2) is 0 Å². The fraction of sp³-hybridized carbons (Fsp3) is 0.174. The van der Waals surface area contributed by atoms with E-state index in [0.717, 1.165) is 11.3 Å². The van der Waals surface area contributed by atoms with Crippen molar-refractivity contribution in [1.29, 1.82) is 5.26 Å². The number of fused-ring (bicyclic) bond motifs is 1. The molecule has 11 heteroatoms. The summed E-state index contributed by atoms with van der Waals surface area (Å²) >= 11 is 11.9. The average molecular weight is 500 g/mol. The maximum absolute atomic E-state index is 12.3. The molecule has 0 fully saturated rings. The molecule has 1 amide bonds. The van der Waals surface area contributed by atoms with Crippen LogP contribution in [0.2, 0.25) is 10.0 Å². The second kappa shape index (κ2) is 9.55. The van der Waals surface area contributed by atoms with Crippen molar-refractivity contribution in [1.82, 2.24) is 10.2 Å². The molecule has 174 valence electrons. The van der Waals surface area contributed by atoms with E-state index in [1.54, 1.807) is 36.4 Å². The van der Waals surface area contributed by atoms with Crippen molar-refractivity contribution < 1.29 is 19.0 Å². The zero-order valence-electron chi connectivity index (χ0n) is 18.1. The molecule has 0 radical (unpaired) electrons. The van der Waals surface area contributed by atoms with E-state index >= 15 is 0 Å². The number of hydrogen-bond donors (Lipinski definition) is 3. The molecule has 0 spiro atoms. The molecule has 0 saturated carbocycles. The fourth-order valence-electron chi connectivity index (χ4n) is 3.63. The molecule has 4 rings (SSSR count). The Kier molecular flexibility index (Phi) is 6.54. The Morgan fingerprint density at radius 2 is 2.06 bits per heavy atom. The van der Waals surface area contributed by atoms with Crippen LogP contribution in [0.5, 0.6) is 17.4 Å². The second-order valence-electron chi connectivity index (χ2n) is 7.37. The summed E-state index contributed by atoms with van der Waals surface area (Å²) in [6.45, 7) is 1.56. The number of carbonyl (C=O) groups is 1. The lowest BCUT2D eigenvalue weighted by molar-refractivity contribution is -0.118. The number of aryl methyl sites for hydroxylation is 1. The van der Waals surface area contributed by atoms with E-state index in [1.807, 2.05) is 6.92 Å². The lowest BCUT2D eigenvalue weighted by Gasteiger charge is -2.24. The number of aromatic nitrogens is 2. The lowest BCUT2D eigenvalue weighted by Crippen LogP contribution is -2.21. The molecule has 0 bridgehead atoms. The number of nitrogens with two attached hydrogens (primary N) is 1. The molecule has 1 aromatic heterocycles. The number of nitriles is 1. The molecule has 9 nitrogen and oxygen atoms in total. The van der Waals surface area contributed by atoms with Gasteiger partial charge in [-0.15, -0.1) is 5.10 Å². The fourth-order valence-corrected chi connectivity index (χ4v) is 3.93. The Labute approximate surface area is 205 Å². The standard InChI is InChI=1S/C23H19Cl2N5O4/c1-11-20-21(14(9-26)22(27)34-23(20)30-29-11)12-3-6-17(18(7-12)32-2)33-10-19(31)28-13-4-5-15(24)16(25)8-13/h3-8,21H,10,27H2,1-2H3,(H,28,31)(H,29,30). The smallest absolute Gasteiger partial charge is 0.262 e. The molecule has 4 N–H and O–H groups in total. The summed E-state index contributed by atoms with van der Waals surface area (Å²) in [5.74, 6) is 0.137. The molecule has 0 saturated heterocycles. The maximum Gasteiger partial charge on any atom is 0.262 e. The average Bonchev–Trinajstić information content (AvgIpc) is 3.19. The Morgan fingerprint density at radius 1 is 1.26 bits per heavy atom. The third-order valence-corrected chi connectivity index (χ3v) is 5.95. The zero-order chi connectivity index (χ0) is 24.4. The van der Waals surface area contributed by atoms with Gasteiger partial charge < -0.3 is 25.3 Å². The van der Waals surface area contributed by atoms with Crippen molar-refractivity contribution in [3.05, 3.63) is 74.7 Å². The highest BCUT2D eigenvalue weighted by molar-refractivity contribution is 6.42. The summed E-state index contributed by atoms with van der Waals surface area (Å²) < 4.78 is 16.6. The highest BCUT2D eigenvalue weighted by Crippen LogP contribution is 2.44. The number of rotatable bonds is 6. The predicted octanol–water partition coefficient (Wildman–Crippen LogP) is 4.27. The van der Waals surface area contributed by atoms with E-state index in [0.29, 0.717) is 38.7 Å². The second-order valence-corrected chi connectivity index (χ2v) is 8.18. The number of nitrogens with one attached hydrogen (secondary N) is 2. The first-order valence-electron chi connectivity index (χ1n) is 10.0. The van der Waals surface area contributed by atoms with E-state index in [1.165, 1.54) is 7.11 Å². The van der Waals surface area contributed by atoms with Gasteiger partial charge in [0.2, 0.25) is 11.8 Å². The van der Waals surface area contributed by atoms with Crippen LogP contribution in [-0.4, -0.2) is 29.8 Å². The number of hydrogen-bond acceptors (Lipinski definition) is 7. The number of nitrogens with zero attached hydrogens (tertiary/aromatic N) is 2. The topological polar surface area (TPSA) is 135 Å². The molecule has 1 atom stereocenters. The summed E-state index contributed by atoms with van der Waals surface area (Å²) in [7, 11) is 1.48. The maximum atomic E-state index is 12.3. The van der Waals surface area contributed by atoms with E-state index in [-0.39, 0.29) is 18.1 Å². The van der Waals surface area contributed by atoms with Crippen LogP contribution in [0.3, 0.4) is 0 Å². The van der Waals surface area contributed by atoms with Gasteiger partial charge in [-0.2, -0.15) is 5.26 Å². The number of carbonyl (C=O) groups excluding carboxylic acids is 1. The van der Waals surface area contributed by atoms with Gasteiger partial charge in [0.05, 0.1) is 23.1 Å². The van der Waals surface area contributed by atoms with Crippen molar-refractivity contribution in [3.8, 4) is 23.4 Å². The Morgan fingerprint density at radius 3 is 2.76 bits per heavy atom. The minimum Gasteiger partial charge on any atom is -0.493 e. The van der Waals surface area contributed by atoms with Crippen LogP contribution in [0.25, 0.3) is 0 Å². The van der Waals surface area contributed by atoms with Gasteiger partial charge in [-0.1, -0.05) is 29.3 Å². The first-order valence-corrected chi connectivity index (χ1v) is 10.8. The van der Waals surface area contributed by atoms with Crippen LogP contribution < -0.4 is 25.3 Å². The molecule has 1 aliphatic rings. The van der Waals surface area contributed by atoms with Gasteiger partial charge in [-0.3, -0.25) is 9.89 Å². The predicted molar refractivity (Wildman–Crippen MR) is 126 cm³/mol. The van der Waals surface area contributed by atoms with Gasteiger partial charge in [0.15, 0.2) is 18.1 Å². The largest absolute Gasteiger partial charge is 0.493 e. The van der Waals surface area contributed by atoms with Crippen molar-refractivity contribution in [2.45, 2.75) is 12.8 Å². The SMILES string of the molecule is COc1cc(C2C(C#N)=C(N)Oc3n[nH]c(C)c32)ccc1OCC(=O)Nc1ccc(Cl)c(Cl)c1. The van der Waals surface area contributed by atoms with Crippen LogP contribution in [0.4, 0.5) is 5.69 Å². The summed E-state index contributed by atoms with van der Waals surface area (Å²) in [6.07, 6.45) is 0. The van der Waals surface area contributed by atoms with Crippen LogP contribution in [-0.2, 0) is 4.79 Å². The monoisotopic (exact) mass is 499 g/mol. The van der Waals surface area contributed by atoms with Crippen molar-refractivity contribution in [2.75, 3.05) is 19.0 Å². The summed E-state index contributed by atoms with van der Waals surface area (Å²) in [4.78, 5) is 12.3. The van der Waals surface area contributed by atoms with Crippen LogP contribution in [0.1, 0.15) is 22.7 Å². The first kappa shape index (κ1) is 23.3. The van der Waals surface area contributed by atoms with E-state index in [2.05, 4.69) is 21.6 Å². The number of allylic oxidation sites excluding steroid dienone is 1. The minimum absolute atomic E-state index is 0.00947. The van der Waals surface area contributed by atoms with E-state index in [4.69, 9.17) is 43.1 Å². The van der Waals surface area contributed by atoms with Gasteiger partial charge >= 0.3 is 0 Å². The Balaban J connectivity index is 1.55. The van der Waals surface area contributed by atoms with Gasteiger partial charge in [-0.05, 0) is 42.8 Å². The molecule has 0 aliphatic carbocycles. The quantitative estimate of drug-likeness (QED) is 0.460. The number of aromatic amines is 1. The Bertz CT molecular complexity index is 1350. The van der Waals surface area contributed by atoms with E-state index in [9.17, 15) is 10.1 Å². The number of methoxy groups -OCH3 is 1. The van der Waals surface area contributed by atoms with E-state index < -0.39 is 11.8 Å². The van der Waals surface area contributed by atoms with Crippen molar-refractivity contribution >= 4 is 34.8 Å². The van der Waals surface area contributed by atoms with Crippen LogP contribution >= 0.6 is 23.2 Å². The van der Waals surface area contributed by atoms with Crippen LogP contribution in [0.15, 0.2) is 47.9 Å².